The van der Waals surface area contributed by atoms with E-state index in [-0.39, 0.29) is 11.8 Å². The SMILES string of the molecule is O=C1c2ccccc2C(=O)N1C1CCOCCCO1. The van der Waals surface area contributed by atoms with Gasteiger partial charge >= 0.3 is 0 Å². The van der Waals surface area contributed by atoms with Gasteiger partial charge < -0.3 is 9.47 Å². The van der Waals surface area contributed by atoms with Crippen molar-refractivity contribution in [2.24, 2.45) is 0 Å². The summed E-state index contributed by atoms with van der Waals surface area (Å²) in [6, 6.07) is 6.87. The fourth-order valence-corrected chi connectivity index (χ4v) is 2.42. The highest BCUT2D eigenvalue weighted by Crippen LogP contribution is 2.26. The molecule has 19 heavy (non-hydrogen) atoms. The summed E-state index contributed by atoms with van der Waals surface area (Å²) in [4.78, 5) is 25.8. The summed E-state index contributed by atoms with van der Waals surface area (Å²) in [7, 11) is 0. The zero-order chi connectivity index (χ0) is 13.2. The molecule has 5 nitrogen and oxygen atoms in total. The number of benzene rings is 1. The second-order valence-electron chi connectivity index (χ2n) is 4.61. The van der Waals surface area contributed by atoms with Crippen LogP contribution in [0.25, 0.3) is 0 Å². The van der Waals surface area contributed by atoms with Gasteiger partial charge in [-0.1, -0.05) is 12.1 Å². The summed E-state index contributed by atoms with van der Waals surface area (Å²) in [5.41, 5.74) is 0.915. The molecule has 0 N–H and O–H groups in total. The highest BCUT2D eigenvalue weighted by atomic mass is 16.5. The summed E-state index contributed by atoms with van der Waals surface area (Å²) in [5.74, 6) is -0.544. The maximum absolute atomic E-state index is 12.3. The van der Waals surface area contributed by atoms with Crippen LogP contribution in [0.1, 0.15) is 33.6 Å². The summed E-state index contributed by atoms with van der Waals surface area (Å²) in [6.07, 6.45) is 0.776. The molecule has 0 spiro atoms. The number of nitrogens with zero attached hydrogens (tertiary/aromatic N) is 1. The first kappa shape index (κ1) is 12.3. The Bertz CT molecular complexity index is 471. The topological polar surface area (TPSA) is 55.8 Å². The minimum atomic E-state index is -0.521. The Morgan fingerprint density at radius 3 is 2.37 bits per heavy atom. The zero-order valence-electron chi connectivity index (χ0n) is 10.5. The number of imide groups is 1. The van der Waals surface area contributed by atoms with E-state index in [0.717, 1.165) is 6.42 Å². The molecule has 2 amide bonds. The smallest absolute Gasteiger partial charge is 0.263 e. The van der Waals surface area contributed by atoms with Crippen molar-refractivity contribution in [1.29, 1.82) is 0 Å². The van der Waals surface area contributed by atoms with Gasteiger partial charge in [-0.2, -0.15) is 0 Å². The Balaban J connectivity index is 1.86. The predicted molar refractivity (Wildman–Crippen MR) is 66.7 cm³/mol. The van der Waals surface area contributed by atoms with Gasteiger partial charge in [-0.15, -0.1) is 0 Å². The molecule has 1 saturated heterocycles. The van der Waals surface area contributed by atoms with Crippen LogP contribution in [-0.2, 0) is 9.47 Å². The number of carbonyl (C=O) groups excluding carboxylic acids is 2. The van der Waals surface area contributed by atoms with Gasteiger partial charge in [-0.3, -0.25) is 9.59 Å². The van der Waals surface area contributed by atoms with E-state index in [4.69, 9.17) is 9.47 Å². The monoisotopic (exact) mass is 261 g/mol. The zero-order valence-corrected chi connectivity index (χ0v) is 10.5. The van der Waals surface area contributed by atoms with Crippen molar-refractivity contribution < 1.29 is 19.1 Å². The lowest BCUT2D eigenvalue weighted by Gasteiger charge is -2.27. The highest BCUT2D eigenvalue weighted by Gasteiger charge is 2.40. The van der Waals surface area contributed by atoms with Crippen molar-refractivity contribution in [3.63, 3.8) is 0 Å². The van der Waals surface area contributed by atoms with Crippen molar-refractivity contribution in [1.82, 2.24) is 4.90 Å². The van der Waals surface area contributed by atoms with Crippen LogP contribution in [0.2, 0.25) is 0 Å². The first-order valence-corrected chi connectivity index (χ1v) is 6.45. The molecule has 0 bridgehead atoms. The number of hydrogen-bond donors (Lipinski definition) is 0. The summed E-state index contributed by atoms with van der Waals surface area (Å²) in [6.45, 7) is 1.66. The van der Waals surface area contributed by atoms with E-state index in [1.807, 2.05) is 0 Å². The largest absolute Gasteiger partial charge is 0.381 e. The minimum absolute atomic E-state index is 0.272. The van der Waals surface area contributed by atoms with Gasteiger partial charge in [0.05, 0.1) is 24.3 Å². The molecule has 1 unspecified atom stereocenters. The molecule has 1 fully saturated rings. The van der Waals surface area contributed by atoms with Gasteiger partial charge in [0.25, 0.3) is 11.8 Å². The first-order chi connectivity index (χ1) is 9.29. The third kappa shape index (κ3) is 2.15. The van der Waals surface area contributed by atoms with E-state index >= 15 is 0 Å². The van der Waals surface area contributed by atoms with E-state index in [2.05, 4.69) is 0 Å². The van der Waals surface area contributed by atoms with Gasteiger partial charge in [-0.05, 0) is 18.6 Å². The molecule has 5 heteroatoms. The molecule has 2 heterocycles. The van der Waals surface area contributed by atoms with Crippen LogP contribution in [0, 0.1) is 0 Å². The Morgan fingerprint density at radius 2 is 1.68 bits per heavy atom. The third-order valence-electron chi connectivity index (χ3n) is 3.37. The summed E-state index contributed by atoms with van der Waals surface area (Å²) >= 11 is 0. The molecule has 0 aliphatic carbocycles. The maximum atomic E-state index is 12.3. The van der Waals surface area contributed by atoms with Crippen LogP contribution in [-0.4, -0.2) is 42.8 Å². The van der Waals surface area contributed by atoms with Gasteiger partial charge in [0.1, 0.15) is 6.23 Å². The van der Waals surface area contributed by atoms with Crippen LogP contribution in [0.4, 0.5) is 0 Å². The Labute approximate surface area is 111 Å². The normalized spacial score (nSPS) is 24.0. The van der Waals surface area contributed by atoms with Crippen LogP contribution in [0.15, 0.2) is 24.3 Å². The Hall–Kier alpha value is -1.72. The third-order valence-corrected chi connectivity index (χ3v) is 3.37. The molecule has 100 valence electrons. The number of rotatable bonds is 1. The molecule has 1 aromatic rings. The molecule has 1 atom stereocenters. The molecule has 0 radical (unpaired) electrons. The number of fused-ring (bicyclic) bond motifs is 1. The molecule has 2 aliphatic rings. The molecular weight excluding hydrogens is 246 g/mol. The molecule has 0 aromatic heterocycles. The van der Waals surface area contributed by atoms with Gasteiger partial charge in [0, 0.05) is 13.0 Å². The highest BCUT2D eigenvalue weighted by molar-refractivity contribution is 6.21. The number of ether oxygens (including phenoxy) is 2. The fraction of sp³-hybridized carbons (Fsp3) is 0.429. The van der Waals surface area contributed by atoms with E-state index < -0.39 is 6.23 Å². The average Bonchev–Trinajstić information content (AvgIpc) is 2.64. The van der Waals surface area contributed by atoms with E-state index in [9.17, 15) is 9.59 Å². The second kappa shape index (κ2) is 5.11. The van der Waals surface area contributed by atoms with Crippen LogP contribution >= 0.6 is 0 Å². The van der Waals surface area contributed by atoms with Crippen molar-refractivity contribution in [3.8, 4) is 0 Å². The molecule has 1 aromatic carbocycles. The fourth-order valence-electron chi connectivity index (χ4n) is 2.42. The van der Waals surface area contributed by atoms with Gasteiger partial charge in [0.15, 0.2) is 0 Å². The molecule has 0 saturated carbocycles. The van der Waals surface area contributed by atoms with Gasteiger partial charge in [-0.25, -0.2) is 4.90 Å². The first-order valence-electron chi connectivity index (χ1n) is 6.45. The van der Waals surface area contributed by atoms with E-state index in [0.29, 0.717) is 37.4 Å². The van der Waals surface area contributed by atoms with Crippen LogP contribution in [0.5, 0.6) is 0 Å². The van der Waals surface area contributed by atoms with Crippen LogP contribution < -0.4 is 0 Å². The molecule has 3 rings (SSSR count). The van der Waals surface area contributed by atoms with E-state index in [1.165, 1.54) is 4.90 Å². The van der Waals surface area contributed by atoms with Gasteiger partial charge in [0.2, 0.25) is 0 Å². The predicted octanol–water partition coefficient (Wildman–Crippen LogP) is 1.44. The minimum Gasteiger partial charge on any atom is -0.381 e. The standard InChI is InChI=1S/C14H15NO4/c16-13-10-4-1-2-5-11(10)14(17)15(13)12-6-9-18-7-3-8-19-12/h1-2,4-5,12H,3,6-9H2. The maximum Gasteiger partial charge on any atom is 0.263 e. The van der Waals surface area contributed by atoms with Crippen molar-refractivity contribution >= 4 is 11.8 Å². The van der Waals surface area contributed by atoms with Crippen molar-refractivity contribution in [2.75, 3.05) is 19.8 Å². The number of carbonyl (C=O) groups is 2. The molecule has 2 aliphatic heterocycles. The lowest BCUT2D eigenvalue weighted by Crippen LogP contribution is -2.43. The van der Waals surface area contributed by atoms with Crippen molar-refractivity contribution in [2.45, 2.75) is 19.1 Å². The summed E-state index contributed by atoms with van der Waals surface area (Å²) in [5, 5.41) is 0. The van der Waals surface area contributed by atoms with E-state index in [1.54, 1.807) is 24.3 Å². The average molecular weight is 261 g/mol. The number of amides is 2. The van der Waals surface area contributed by atoms with Crippen molar-refractivity contribution in [3.05, 3.63) is 35.4 Å². The summed E-state index contributed by atoms with van der Waals surface area (Å²) < 4.78 is 11.0. The Morgan fingerprint density at radius 1 is 1.00 bits per heavy atom. The Kier molecular flexibility index (Phi) is 3.31. The van der Waals surface area contributed by atoms with Crippen LogP contribution in [0.3, 0.4) is 0 Å². The lowest BCUT2D eigenvalue weighted by atomic mass is 10.1. The quantitative estimate of drug-likeness (QED) is 0.718. The second-order valence-corrected chi connectivity index (χ2v) is 4.61. The lowest BCUT2D eigenvalue weighted by molar-refractivity contribution is -0.0686. The number of hydrogen-bond acceptors (Lipinski definition) is 4. The molecular formula is C14H15NO4.